The summed E-state index contributed by atoms with van der Waals surface area (Å²) in [6.45, 7) is 1.65. The molecule has 34 heavy (non-hydrogen) atoms. The SMILES string of the molecule is CCn1cc(C(=O)NCc2ccc(C[SH](=O)=O)cc2)c(=O)n(-c2cccc(C(F)(F)F)c2)c1=O. The molecule has 2 aromatic carbocycles. The molecule has 1 N–H and O–H groups in total. The van der Waals surface area contributed by atoms with Crippen LogP contribution < -0.4 is 16.6 Å². The van der Waals surface area contributed by atoms with Crippen LogP contribution in [0.25, 0.3) is 5.69 Å². The van der Waals surface area contributed by atoms with Crippen molar-refractivity contribution in [2.45, 2.75) is 31.9 Å². The molecule has 0 spiro atoms. The van der Waals surface area contributed by atoms with Gasteiger partial charge in [-0.3, -0.25) is 14.2 Å². The molecule has 1 heterocycles. The molecular formula is C22H20F3N3O5S. The molecule has 0 unspecified atom stereocenters. The largest absolute Gasteiger partial charge is 0.416 e. The number of hydrogen-bond acceptors (Lipinski definition) is 5. The van der Waals surface area contributed by atoms with Crippen LogP contribution >= 0.6 is 0 Å². The number of halogens is 3. The lowest BCUT2D eigenvalue weighted by Crippen LogP contribution is -2.43. The second-order valence-corrected chi connectivity index (χ2v) is 8.27. The van der Waals surface area contributed by atoms with Crippen LogP contribution in [0, 0.1) is 0 Å². The fourth-order valence-corrected chi connectivity index (χ4v) is 3.73. The quantitative estimate of drug-likeness (QED) is 0.488. The van der Waals surface area contributed by atoms with Gasteiger partial charge < -0.3 is 5.32 Å². The van der Waals surface area contributed by atoms with Crippen molar-refractivity contribution in [1.82, 2.24) is 14.5 Å². The van der Waals surface area contributed by atoms with E-state index in [0.29, 0.717) is 21.8 Å². The lowest BCUT2D eigenvalue weighted by molar-refractivity contribution is -0.137. The molecule has 0 aliphatic rings. The first-order valence-electron chi connectivity index (χ1n) is 10.0. The topological polar surface area (TPSA) is 107 Å². The van der Waals surface area contributed by atoms with E-state index in [0.717, 1.165) is 22.9 Å². The standard InChI is InChI=1S/C22H20F3N3O5S/c1-2-27-12-18(19(29)26-11-14-6-8-15(9-7-14)13-34(32)33)20(30)28(21(27)31)17-5-3-4-16(10-17)22(23,24)25/h3-10,12,34H,2,11,13H2,1H3,(H,26,29). The number of nitrogens with one attached hydrogen (secondary N) is 1. The second-order valence-electron chi connectivity index (χ2n) is 7.29. The molecule has 1 amide bonds. The van der Waals surface area contributed by atoms with Crippen LogP contribution in [0.1, 0.15) is 34.0 Å². The normalized spacial score (nSPS) is 11.6. The Morgan fingerprint density at radius 1 is 1.03 bits per heavy atom. The zero-order chi connectivity index (χ0) is 25.0. The Morgan fingerprint density at radius 2 is 1.68 bits per heavy atom. The van der Waals surface area contributed by atoms with E-state index in [-0.39, 0.29) is 24.5 Å². The van der Waals surface area contributed by atoms with Crippen LogP contribution in [0.2, 0.25) is 0 Å². The van der Waals surface area contributed by atoms with Gasteiger partial charge in [0.1, 0.15) is 16.3 Å². The zero-order valence-electron chi connectivity index (χ0n) is 17.8. The summed E-state index contributed by atoms with van der Waals surface area (Å²) in [5, 5.41) is 2.53. The Hall–Kier alpha value is -3.67. The smallest absolute Gasteiger partial charge is 0.348 e. The molecule has 0 atom stereocenters. The maximum Gasteiger partial charge on any atom is 0.416 e. The summed E-state index contributed by atoms with van der Waals surface area (Å²) in [4.78, 5) is 38.4. The van der Waals surface area contributed by atoms with E-state index >= 15 is 0 Å². The van der Waals surface area contributed by atoms with Crippen molar-refractivity contribution >= 4 is 16.6 Å². The maximum absolute atomic E-state index is 13.1. The average Bonchev–Trinajstić information content (AvgIpc) is 2.78. The number of aromatic nitrogens is 2. The number of amides is 1. The minimum atomic E-state index is -4.68. The number of rotatable bonds is 7. The Labute approximate surface area is 193 Å². The number of aryl methyl sites for hydroxylation is 1. The predicted molar refractivity (Wildman–Crippen MR) is 119 cm³/mol. The van der Waals surface area contributed by atoms with E-state index in [1.807, 2.05) is 0 Å². The van der Waals surface area contributed by atoms with Crippen LogP contribution in [0.3, 0.4) is 0 Å². The van der Waals surface area contributed by atoms with Crippen LogP contribution in [-0.4, -0.2) is 23.5 Å². The summed E-state index contributed by atoms with van der Waals surface area (Å²) >= 11 is 0. The van der Waals surface area contributed by atoms with Crippen molar-refractivity contribution < 1.29 is 26.4 Å². The van der Waals surface area contributed by atoms with Gasteiger partial charge in [-0.25, -0.2) is 17.8 Å². The molecule has 0 aliphatic carbocycles. The Balaban J connectivity index is 1.94. The minimum absolute atomic E-state index is 0.00310. The first-order valence-corrected chi connectivity index (χ1v) is 11.4. The Bertz CT molecular complexity index is 1400. The monoisotopic (exact) mass is 495 g/mol. The number of carbonyl (C=O) groups excluding carboxylic acids is 1. The lowest BCUT2D eigenvalue weighted by atomic mass is 10.1. The number of nitrogens with zero attached hydrogens (tertiary/aromatic N) is 2. The van der Waals surface area contributed by atoms with Crippen LogP contribution in [0.4, 0.5) is 13.2 Å². The molecule has 0 radical (unpaired) electrons. The van der Waals surface area contributed by atoms with Crippen molar-refractivity contribution in [1.29, 1.82) is 0 Å². The van der Waals surface area contributed by atoms with E-state index < -0.39 is 45.2 Å². The number of hydrogen-bond donors (Lipinski definition) is 2. The highest BCUT2D eigenvalue weighted by atomic mass is 32.2. The number of carbonyl (C=O) groups is 1. The van der Waals surface area contributed by atoms with Gasteiger partial charge in [-0.05, 0) is 36.2 Å². The van der Waals surface area contributed by atoms with Crippen molar-refractivity contribution in [2.24, 2.45) is 0 Å². The van der Waals surface area contributed by atoms with Crippen LogP contribution in [0.15, 0.2) is 64.3 Å². The Morgan fingerprint density at radius 3 is 2.26 bits per heavy atom. The van der Waals surface area contributed by atoms with Crippen molar-refractivity contribution in [3.8, 4) is 5.69 Å². The van der Waals surface area contributed by atoms with E-state index in [1.165, 1.54) is 6.07 Å². The summed E-state index contributed by atoms with van der Waals surface area (Å²) in [6, 6.07) is 10.1. The van der Waals surface area contributed by atoms with Crippen LogP contribution in [0.5, 0.6) is 0 Å². The second kappa shape index (κ2) is 10.1. The molecule has 8 nitrogen and oxygen atoms in total. The van der Waals surface area contributed by atoms with E-state index in [9.17, 15) is 36.0 Å². The van der Waals surface area contributed by atoms with Gasteiger partial charge in [-0.2, -0.15) is 13.2 Å². The molecule has 0 saturated heterocycles. The summed E-state index contributed by atoms with van der Waals surface area (Å²) in [6.07, 6.45) is -3.62. The van der Waals surface area contributed by atoms with Gasteiger partial charge >= 0.3 is 11.9 Å². The highest BCUT2D eigenvalue weighted by molar-refractivity contribution is 7.71. The molecule has 1 aromatic heterocycles. The third kappa shape index (κ3) is 5.63. The Kier molecular flexibility index (Phi) is 7.40. The van der Waals surface area contributed by atoms with E-state index in [4.69, 9.17) is 0 Å². The van der Waals surface area contributed by atoms with Gasteiger partial charge in [0.15, 0.2) is 0 Å². The van der Waals surface area contributed by atoms with Crippen molar-refractivity contribution in [3.63, 3.8) is 0 Å². The fourth-order valence-electron chi connectivity index (χ4n) is 3.22. The average molecular weight is 495 g/mol. The van der Waals surface area contributed by atoms with Gasteiger partial charge in [0.25, 0.3) is 11.5 Å². The fraction of sp³-hybridized carbons (Fsp3) is 0.227. The molecule has 0 fully saturated rings. The first kappa shape index (κ1) is 25.0. The highest BCUT2D eigenvalue weighted by Crippen LogP contribution is 2.29. The number of benzene rings is 2. The summed E-state index contributed by atoms with van der Waals surface area (Å²) in [7, 11) is -2.57. The van der Waals surface area contributed by atoms with E-state index in [1.54, 1.807) is 31.2 Å². The molecule has 0 aliphatic heterocycles. The number of thiol groups is 1. The molecule has 3 aromatic rings. The third-order valence-electron chi connectivity index (χ3n) is 4.96. The van der Waals surface area contributed by atoms with E-state index in [2.05, 4.69) is 5.32 Å². The summed E-state index contributed by atoms with van der Waals surface area (Å²) < 4.78 is 62.5. The molecular weight excluding hydrogens is 475 g/mol. The summed E-state index contributed by atoms with van der Waals surface area (Å²) in [5.74, 6) is -0.935. The van der Waals surface area contributed by atoms with Crippen molar-refractivity contribution in [3.05, 3.63) is 97.8 Å². The first-order chi connectivity index (χ1) is 16.0. The van der Waals surface area contributed by atoms with Crippen LogP contribution in [-0.2, 0) is 35.7 Å². The zero-order valence-corrected chi connectivity index (χ0v) is 18.7. The van der Waals surface area contributed by atoms with Gasteiger partial charge in [0.2, 0.25) is 0 Å². The molecule has 180 valence electrons. The molecule has 12 heteroatoms. The number of alkyl halides is 3. The third-order valence-corrected chi connectivity index (χ3v) is 5.58. The molecule has 0 saturated carbocycles. The summed E-state index contributed by atoms with van der Waals surface area (Å²) in [5.41, 5.74) is -2.51. The predicted octanol–water partition coefficient (Wildman–Crippen LogP) is 2.08. The van der Waals surface area contributed by atoms with Gasteiger partial charge in [-0.1, -0.05) is 30.3 Å². The lowest BCUT2D eigenvalue weighted by Gasteiger charge is -2.14. The highest BCUT2D eigenvalue weighted by Gasteiger charge is 2.31. The van der Waals surface area contributed by atoms with Gasteiger partial charge in [0.05, 0.1) is 17.0 Å². The molecule has 3 rings (SSSR count). The van der Waals surface area contributed by atoms with Gasteiger partial charge in [-0.15, -0.1) is 0 Å². The van der Waals surface area contributed by atoms with Crippen molar-refractivity contribution in [2.75, 3.05) is 0 Å². The van der Waals surface area contributed by atoms with Gasteiger partial charge in [0, 0.05) is 19.3 Å². The minimum Gasteiger partial charge on any atom is -0.348 e. The maximum atomic E-state index is 13.1. The molecule has 0 bridgehead atoms.